The Morgan fingerprint density at radius 3 is 2.72 bits per heavy atom. The number of hydrogen-bond donors (Lipinski definition) is 2. The molecule has 3 aliphatic rings. The zero-order valence-electron chi connectivity index (χ0n) is 16.4. The van der Waals surface area contributed by atoms with Gasteiger partial charge in [-0.1, -0.05) is 17.8 Å². The van der Waals surface area contributed by atoms with Crippen molar-refractivity contribution in [2.24, 2.45) is 17.8 Å². The molecule has 0 aliphatic carbocycles. The maximum absolute atomic E-state index is 11.3. The van der Waals surface area contributed by atoms with Gasteiger partial charge in [0.05, 0.1) is 5.69 Å². The number of anilines is 2. The standard InChI is InChI=1S/C21H25N5O2S/c1-25-9-14-11-26(12-15(10-25)16(14)7-19(27)28)8-13-2-3-18-17(6-13)24-20-21(29-18)23-5-4-22-20/h2-6,14-16H,7-12H2,1H3,(H,22,24)(H,27,28). The number of nitrogens with one attached hydrogen (secondary N) is 1. The fraction of sp³-hybridized carbons (Fsp3) is 0.476. The maximum atomic E-state index is 11.3. The van der Waals surface area contributed by atoms with E-state index in [9.17, 15) is 9.90 Å². The Balaban J connectivity index is 1.30. The van der Waals surface area contributed by atoms with E-state index in [0.29, 0.717) is 24.2 Å². The van der Waals surface area contributed by atoms with Crippen molar-refractivity contribution >= 4 is 29.2 Å². The molecule has 2 fully saturated rings. The van der Waals surface area contributed by atoms with Gasteiger partial charge in [0.15, 0.2) is 5.82 Å². The Bertz CT molecular complexity index is 923. The van der Waals surface area contributed by atoms with Gasteiger partial charge in [0, 0.05) is 56.4 Å². The van der Waals surface area contributed by atoms with Crippen LogP contribution in [-0.4, -0.2) is 64.1 Å². The van der Waals surface area contributed by atoms with Crippen LogP contribution in [0.2, 0.25) is 0 Å². The molecule has 2 saturated heterocycles. The van der Waals surface area contributed by atoms with Crippen LogP contribution in [0.1, 0.15) is 12.0 Å². The van der Waals surface area contributed by atoms with E-state index >= 15 is 0 Å². The molecule has 2 atom stereocenters. The Hall–Kier alpha value is -2.16. The minimum absolute atomic E-state index is 0.302. The molecule has 2 N–H and O–H groups in total. The molecule has 2 aromatic rings. The van der Waals surface area contributed by atoms with Crippen LogP contribution >= 0.6 is 11.8 Å². The molecular formula is C21H25N5O2S. The van der Waals surface area contributed by atoms with Gasteiger partial charge in [-0.2, -0.15) is 0 Å². The molecule has 2 unspecified atom stereocenters. The van der Waals surface area contributed by atoms with Gasteiger partial charge in [-0.25, -0.2) is 9.97 Å². The van der Waals surface area contributed by atoms with E-state index < -0.39 is 5.97 Å². The van der Waals surface area contributed by atoms with Crippen molar-refractivity contribution in [3.8, 4) is 0 Å². The summed E-state index contributed by atoms with van der Waals surface area (Å²) in [5.41, 5.74) is 2.36. The monoisotopic (exact) mass is 411 g/mol. The number of hydrogen-bond acceptors (Lipinski definition) is 7. The third-order valence-electron chi connectivity index (χ3n) is 6.27. The Labute approximate surface area is 174 Å². The highest BCUT2D eigenvalue weighted by molar-refractivity contribution is 7.99. The molecule has 7 nitrogen and oxygen atoms in total. The van der Waals surface area contributed by atoms with Gasteiger partial charge >= 0.3 is 5.97 Å². The first-order valence-electron chi connectivity index (χ1n) is 10.1. The summed E-state index contributed by atoms with van der Waals surface area (Å²) in [5.74, 6) is 1.31. The zero-order valence-corrected chi connectivity index (χ0v) is 17.2. The van der Waals surface area contributed by atoms with E-state index in [1.54, 1.807) is 24.2 Å². The van der Waals surface area contributed by atoms with Crippen molar-refractivity contribution in [3.05, 3.63) is 36.2 Å². The fourth-order valence-electron chi connectivity index (χ4n) is 5.16. The van der Waals surface area contributed by atoms with Crippen LogP contribution in [0.3, 0.4) is 0 Å². The molecular weight excluding hydrogens is 386 g/mol. The Morgan fingerprint density at radius 1 is 1.21 bits per heavy atom. The summed E-state index contributed by atoms with van der Waals surface area (Å²) in [6.07, 6.45) is 3.73. The lowest BCUT2D eigenvalue weighted by molar-refractivity contribution is -0.141. The van der Waals surface area contributed by atoms with Crippen molar-refractivity contribution in [1.82, 2.24) is 19.8 Å². The molecule has 1 aromatic carbocycles. The minimum Gasteiger partial charge on any atom is -0.481 e. The first kappa shape index (κ1) is 18.8. The van der Waals surface area contributed by atoms with Crippen molar-refractivity contribution in [2.75, 3.05) is 38.5 Å². The molecule has 0 spiro atoms. The smallest absolute Gasteiger partial charge is 0.303 e. The number of carboxylic acids is 1. The molecule has 2 bridgehead atoms. The molecule has 152 valence electrons. The summed E-state index contributed by atoms with van der Waals surface area (Å²) in [4.78, 5) is 26.1. The second-order valence-corrected chi connectivity index (χ2v) is 9.50. The number of carboxylic acid groups (broad SMARTS) is 1. The second kappa shape index (κ2) is 7.59. The van der Waals surface area contributed by atoms with Crippen LogP contribution in [0.15, 0.2) is 40.5 Å². The lowest BCUT2D eigenvalue weighted by atomic mass is 9.72. The quantitative estimate of drug-likeness (QED) is 0.678. The second-order valence-electron chi connectivity index (χ2n) is 8.46. The lowest BCUT2D eigenvalue weighted by Crippen LogP contribution is -2.56. The largest absolute Gasteiger partial charge is 0.481 e. The van der Waals surface area contributed by atoms with Crippen molar-refractivity contribution < 1.29 is 9.90 Å². The highest BCUT2D eigenvalue weighted by Crippen LogP contribution is 2.42. The van der Waals surface area contributed by atoms with E-state index in [1.165, 1.54) is 10.5 Å². The molecule has 0 radical (unpaired) electrons. The third kappa shape index (κ3) is 3.84. The summed E-state index contributed by atoms with van der Waals surface area (Å²) in [6, 6.07) is 6.57. The predicted octanol–water partition coefficient (Wildman–Crippen LogP) is 2.77. The maximum Gasteiger partial charge on any atom is 0.303 e. The van der Waals surface area contributed by atoms with Crippen LogP contribution in [-0.2, 0) is 11.3 Å². The Morgan fingerprint density at radius 2 is 1.97 bits per heavy atom. The van der Waals surface area contributed by atoms with Crippen molar-refractivity contribution in [2.45, 2.75) is 22.9 Å². The summed E-state index contributed by atoms with van der Waals surface area (Å²) >= 11 is 1.65. The highest BCUT2D eigenvalue weighted by atomic mass is 32.2. The lowest BCUT2D eigenvalue weighted by Gasteiger charge is -2.50. The van der Waals surface area contributed by atoms with Gasteiger partial charge in [-0.05, 0) is 42.5 Å². The molecule has 8 heteroatoms. The average molecular weight is 412 g/mol. The molecule has 1 aromatic heterocycles. The van der Waals surface area contributed by atoms with Crippen molar-refractivity contribution in [1.29, 1.82) is 0 Å². The van der Waals surface area contributed by atoms with E-state index in [1.807, 2.05) is 0 Å². The molecule has 4 heterocycles. The first-order valence-corrected chi connectivity index (χ1v) is 10.9. The highest BCUT2D eigenvalue weighted by Gasteiger charge is 2.42. The topological polar surface area (TPSA) is 81.6 Å². The molecule has 5 rings (SSSR count). The van der Waals surface area contributed by atoms with Gasteiger partial charge in [-0.15, -0.1) is 0 Å². The molecule has 0 saturated carbocycles. The van der Waals surface area contributed by atoms with Gasteiger partial charge in [0.1, 0.15) is 5.03 Å². The third-order valence-corrected chi connectivity index (χ3v) is 7.34. The SMILES string of the molecule is CN1CC2CN(Cc3ccc4c(c3)Nc3nccnc3S4)CC(C1)C2CC(=O)O. The number of carbonyl (C=O) groups is 1. The number of rotatable bonds is 4. The van der Waals surface area contributed by atoms with Crippen LogP contribution in [0.5, 0.6) is 0 Å². The van der Waals surface area contributed by atoms with Gasteiger partial charge in [0.25, 0.3) is 0 Å². The van der Waals surface area contributed by atoms with Crippen molar-refractivity contribution in [3.63, 3.8) is 0 Å². The molecule has 0 amide bonds. The normalized spacial score (nSPS) is 26.3. The van der Waals surface area contributed by atoms with E-state index in [2.05, 4.69) is 50.3 Å². The van der Waals surface area contributed by atoms with Gasteiger partial charge < -0.3 is 15.3 Å². The number of aliphatic carboxylic acids is 1. The van der Waals surface area contributed by atoms with E-state index in [0.717, 1.165) is 49.3 Å². The predicted molar refractivity (Wildman–Crippen MR) is 111 cm³/mol. The minimum atomic E-state index is -0.662. The van der Waals surface area contributed by atoms with Gasteiger partial charge in [0.2, 0.25) is 0 Å². The number of piperidine rings is 2. The van der Waals surface area contributed by atoms with Crippen LogP contribution in [0.4, 0.5) is 11.5 Å². The number of benzene rings is 1. The van der Waals surface area contributed by atoms with Gasteiger partial charge in [-0.3, -0.25) is 9.69 Å². The first-order chi connectivity index (χ1) is 14.0. The molecule has 29 heavy (non-hydrogen) atoms. The summed E-state index contributed by atoms with van der Waals surface area (Å²) in [6.45, 7) is 4.80. The summed E-state index contributed by atoms with van der Waals surface area (Å²) < 4.78 is 0. The number of likely N-dealkylation sites (tertiary alicyclic amines) is 2. The van der Waals surface area contributed by atoms with Crippen LogP contribution in [0, 0.1) is 17.8 Å². The summed E-state index contributed by atoms with van der Waals surface area (Å²) in [7, 11) is 2.15. The van der Waals surface area contributed by atoms with Crippen LogP contribution in [0.25, 0.3) is 0 Å². The van der Waals surface area contributed by atoms with E-state index in [4.69, 9.17) is 0 Å². The number of nitrogens with zero attached hydrogens (tertiary/aromatic N) is 4. The van der Waals surface area contributed by atoms with Crippen LogP contribution < -0.4 is 5.32 Å². The zero-order chi connectivity index (χ0) is 20.0. The Kier molecular flexibility index (Phi) is 4.93. The molecule has 3 aliphatic heterocycles. The van der Waals surface area contributed by atoms with E-state index in [-0.39, 0.29) is 0 Å². The fourth-order valence-corrected chi connectivity index (χ4v) is 6.04. The average Bonchev–Trinajstić information content (AvgIpc) is 2.67. The summed E-state index contributed by atoms with van der Waals surface area (Å²) in [5, 5.41) is 13.6. The number of fused-ring (bicyclic) bond motifs is 4. The number of aromatic nitrogens is 2.